The highest BCUT2D eigenvalue weighted by Crippen LogP contribution is 2.24. The summed E-state index contributed by atoms with van der Waals surface area (Å²) in [5, 5.41) is 0. The molecule has 0 bridgehead atoms. The molecule has 1 aromatic carbocycles. The Morgan fingerprint density at radius 2 is 1.89 bits per heavy atom. The monoisotopic (exact) mass is 244 g/mol. The standard InChI is InChI=1S/C13H16N4O/c1-8-4-5-11(6-9(8)2)18-12-10(3)7-15-13(16-12)17-14/h4-7H,14H2,1-3H3,(H,15,16,17). The van der Waals surface area contributed by atoms with Gasteiger partial charge in [0, 0.05) is 11.8 Å². The van der Waals surface area contributed by atoms with Crippen molar-refractivity contribution in [3.8, 4) is 11.6 Å². The molecule has 0 aliphatic heterocycles. The maximum absolute atomic E-state index is 5.74. The number of hydrazine groups is 1. The number of benzene rings is 1. The molecule has 5 nitrogen and oxygen atoms in total. The van der Waals surface area contributed by atoms with E-state index in [2.05, 4.69) is 22.3 Å². The average molecular weight is 244 g/mol. The molecule has 0 amide bonds. The summed E-state index contributed by atoms with van der Waals surface area (Å²) in [7, 11) is 0. The Bertz CT molecular complexity index is 569. The number of nitrogens with zero attached hydrogens (tertiary/aromatic N) is 2. The maximum Gasteiger partial charge on any atom is 0.240 e. The quantitative estimate of drug-likeness (QED) is 0.641. The molecule has 0 radical (unpaired) electrons. The molecule has 0 unspecified atom stereocenters. The number of nitrogens with two attached hydrogens (primary N) is 1. The van der Waals surface area contributed by atoms with E-state index in [1.807, 2.05) is 32.0 Å². The summed E-state index contributed by atoms with van der Waals surface area (Å²) < 4.78 is 5.74. The normalized spacial score (nSPS) is 10.2. The second-order valence-electron chi connectivity index (χ2n) is 4.17. The molecule has 94 valence electrons. The number of hydrogen-bond donors (Lipinski definition) is 2. The van der Waals surface area contributed by atoms with Gasteiger partial charge in [-0.2, -0.15) is 4.98 Å². The first-order chi connectivity index (χ1) is 8.60. The van der Waals surface area contributed by atoms with Crippen molar-refractivity contribution in [3.05, 3.63) is 41.1 Å². The number of nitrogens with one attached hydrogen (secondary N) is 1. The maximum atomic E-state index is 5.74. The SMILES string of the molecule is Cc1ccc(Oc2nc(NN)ncc2C)cc1C. The summed E-state index contributed by atoms with van der Waals surface area (Å²) in [6.07, 6.45) is 1.67. The fourth-order valence-electron chi connectivity index (χ4n) is 1.49. The van der Waals surface area contributed by atoms with Crippen molar-refractivity contribution in [2.24, 2.45) is 5.84 Å². The molecule has 2 rings (SSSR count). The zero-order valence-corrected chi connectivity index (χ0v) is 10.7. The second-order valence-corrected chi connectivity index (χ2v) is 4.17. The molecule has 1 heterocycles. The van der Waals surface area contributed by atoms with Crippen molar-refractivity contribution in [1.82, 2.24) is 9.97 Å². The highest BCUT2D eigenvalue weighted by Gasteiger charge is 2.06. The van der Waals surface area contributed by atoms with E-state index in [4.69, 9.17) is 10.6 Å². The smallest absolute Gasteiger partial charge is 0.240 e. The van der Waals surface area contributed by atoms with Crippen LogP contribution in [-0.2, 0) is 0 Å². The van der Waals surface area contributed by atoms with E-state index in [1.165, 1.54) is 11.1 Å². The van der Waals surface area contributed by atoms with Crippen molar-refractivity contribution in [1.29, 1.82) is 0 Å². The average Bonchev–Trinajstić information content (AvgIpc) is 2.36. The van der Waals surface area contributed by atoms with Crippen molar-refractivity contribution in [3.63, 3.8) is 0 Å². The van der Waals surface area contributed by atoms with Gasteiger partial charge in [-0.3, -0.25) is 5.43 Å². The van der Waals surface area contributed by atoms with Gasteiger partial charge in [0.2, 0.25) is 11.8 Å². The highest BCUT2D eigenvalue weighted by atomic mass is 16.5. The van der Waals surface area contributed by atoms with E-state index < -0.39 is 0 Å². The van der Waals surface area contributed by atoms with Crippen LogP contribution in [0.4, 0.5) is 5.95 Å². The van der Waals surface area contributed by atoms with Crippen molar-refractivity contribution < 1.29 is 4.74 Å². The summed E-state index contributed by atoms with van der Waals surface area (Å²) in [6.45, 7) is 5.99. The van der Waals surface area contributed by atoms with E-state index in [0.717, 1.165) is 11.3 Å². The van der Waals surface area contributed by atoms with E-state index in [0.29, 0.717) is 11.8 Å². The van der Waals surface area contributed by atoms with Crippen LogP contribution >= 0.6 is 0 Å². The van der Waals surface area contributed by atoms with Gasteiger partial charge in [0.05, 0.1) is 0 Å². The molecular weight excluding hydrogens is 228 g/mol. The second kappa shape index (κ2) is 5.01. The minimum absolute atomic E-state index is 0.333. The molecule has 5 heteroatoms. The Balaban J connectivity index is 2.30. The molecule has 2 aromatic rings. The number of aromatic nitrogens is 2. The van der Waals surface area contributed by atoms with Crippen LogP contribution in [-0.4, -0.2) is 9.97 Å². The van der Waals surface area contributed by atoms with Gasteiger partial charge in [-0.15, -0.1) is 0 Å². The zero-order chi connectivity index (χ0) is 13.1. The number of hydrogen-bond acceptors (Lipinski definition) is 5. The molecule has 0 aliphatic carbocycles. The van der Waals surface area contributed by atoms with Crippen LogP contribution in [0.1, 0.15) is 16.7 Å². The van der Waals surface area contributed by atoms with Gasteiger partial charge in [-0.05, 0) is 44.0 Å². The van der Waals surface area contributed by atoms with Gasteiger partial charge in [-0.25, -0.2) is 10.8 Å². The number of rotatable bonds is 3. The third kappa shape index (κ3) is 2.57. The molecule has 0 aliphatic rings. The predicted molar refractivity (Wildman–Crippen MR) is 70.6 cm³/mol. The van der Waals surface area contributed by atoms with E-state index in [-0.39, 0.29) is 0 Å². The lowest BCUT2D eigenvalue weighted by Gasteiger charge is -2.10. The molecule has 0 fully saturated rings. The van der Waals surface area contributed by atoms with Crippen LogP contribution in [0.2, 0.25) is 0 Å². The molecule has 0 spiro atoms. The lowest BCUT2D eigenvalue weighted by atomic mass is 10.1. The summed E-state index contributed by atoms with van der Waals surface area (Å²) in [4.78, 5) is 8.17. The minimum atomic E-state index is 0.333. The molecule has 3 N–H and O–H groups in total. The Morgan fingerprint density at radius 1 is 1.11 bits per heavy atom. The van der Waals surface area contributed by atoms with Gasteiger partial charge in [-0.1, -0.05) is 6.07 Å². The first-order valence-electron chi connectivity index (χ1n) is 5.65. The molecular formula is C13H16N4O. The minimum Gasteiger partial charge on any atom is -0.439 e. The number of nitrogen functional groups attached to an aromatic ring is 1. The van der Waals surface area contributed by atoms with E-state index in [9.17, 15) is 0 Å². The van der Waals surface area contributed by atoms with Crippen LogP contribution in [0.5, 0.6) is 11.6 Å². The fraction of sp³-hybridized carbons (Fsp3) is 0.231. The Kier molecular flexibility index (Phi) is 3.43. The van der Waals surface area contributed by atoms with Crippen LogP contribution in [0, 0.1) is 20.8 Å². The first kappa shape index (κ1) is 12.3. The molecule has 0 saturated carbocycles. The molecule has 0 atom stereocenters. The Morgan fingerprint density at radius 3 is 2.56 bits per heavy atom. The number of ether oxygens (including phenoxy) is 1. The van der Waals surface area contributed by atoms with Crippen LogP contribution < -0.4 is 16.0 Å². The Hall–Kier alpha value is -2.14. The third-order valence-electron chi connectivity index (χ3n) is 2.75. The lowest BCUT2D eigenvalue weighted by Crippen LogP contribution is -2.11. The van der Waals surface area contributed by atoms with Gasteiger partial charge in [0.1, 0.15) is 5.75 Å². The lowest BCUT2D eigenvalue weighted by molar-refractivity contribution is 0.457. The summed E-state index contributed by atoms with van der Waals surface area (Å²) in [5.41, 5.74) is 5.66. The van der Waals surface area contributed by atoms with Crippen LogP contribution in [0.15, 0.2) is 24.4 Å². The molecule has 0 saturated heterocycles. The third-order valence-corrected chi connectivity index (χ3v) is 2.75. The topological polar surface area (TPSA) is 73.1 Å². The number of anilines is 1. The van der Waals surface area contributed by atoms with Crippen molar-refractivity contribution >= 4 is 5.95 Å². The molecule has 1 aromatic heterocycles. The van der Waals surface area contributed by atoms with Crippen molar-refractivity contribution in [2.75, 3.05) is 5.43 Å². The van der Waals surface area contributed by atoms with Gasteiger partial charge in [0.15, 0.2) is 0 Å². The summed E-state index contributed by atoms with van der Waals surface area (Å²) in [5.74, 6) is 6.86. The summed E-state index contributed by atoms with van der Waals surface area (Å²) in [6, 6.07) is 5.91. The molecule has 18 heavy (non-hydrogen) atoms. The summed E-state index contributed by atoms with van der Waals surface area (Å²) >= 11 is 0. The first-order valence-corrected chi connectivity index (χ1v) is 5.65. The van der Waals surface area contributed by atoms with Gasteiger partial charge < -0.3 is 4.74 Å². The van der Waals surface area contributed by atoms with E-state index >= 15 is 0 Å². The zero-order valence-electron chi connectivity index (χ0n) is 10.7. The predicted octanol–water partition coefficient (Wildman–Crippen LogP) is 2.48. The number of aryl methyl sites for hydroxylation is 3. The van der Waals surface area contributed by atoms with Crippen LogP contribution in [0.25, 0.3) is 0 Å². The fourth-order valence-corrected chi connectivity index (χ4v) is 1.49. The van der Waals surface area contributed by atoms with Gasteiger partial charge >= 0.3 is 0 Å². The highest BCUT2D eigenvalue weighted by molar-refractivity contribution is 5.38. The van der Waals surface area contributed by atoms with Gasteiger partial charge in [0.25, 0.3) is 0 Å². The van der Waals surface area contributed by atoms with Crippen LogP contribution in [0.3, 0.4) is 0 Å². The van der Waals surface area contributed by atoms with E-state index in [1.54, 1.807) is 6.20 Å². The largest absolute Gasteiger partial charge is 0.439 e. The van der Waals surface area contributed by atoms with Crippen molar-refractivity contribution in [2.45, 2.75) is 20.8 Å². The Labute approximate surface area is 106 Å².